The molecule has 0 unspecified atom stereocenters. The molecule has 0 aromatic carbocycles. The first-order valence-corrected chi connectivity index (χ1v) is 3.56. The molecule has 0 fully saturated rings. The van der Waals surface area contributed by atoms with Gasteiger partial charge < -0.3 is 10.2 Å². The monoisotopic (exact) mass is 150 g/mol. The Morgan fingerprint density at radius 1 is 1.78 bits per heavy atom. The third kappa shape index (κ3) is 114. The second-order valence-corrected chi connectivity index (χ2v) is 1.94. The van der Waals surface area contributed by atoms with Gasteiger partial charge in [0.2, 0.25) is 0 Å². The zero-order valence-corrected chi connectivity index (χ0v) is 6.02. The lowest BCUT2D eigenvalue weighted by Crippen LogP contribution is -1.81. The first kappa shape index (κ1) is 11.2. The van der Waals surface area contributed by atoms with Gasteiger partial charge >= 0.3 is 6.16 Å². The lowest BCUT2D eigenvalue weighted by atomic mass is 10.8. The van der Waals surface area contributed by atoms with Crippen molar-refractivity contribution < 1.29 is 15.0 Å². The average molecular weight is 150 g/mol. The quantitative estimate of drug-likeness (QED) is 0.589. The molecule has 0 aromatic heterocycles. The second-order valence-electron chi connectivity index (χ2n) is 1.03. The molecule has 0 rings (SSSR count). The van der Waals surface area contributed by atoms with Crippen molar-refractivity contribution in [3.8, 4) is 0 Å². The molecule has 3 nitrogen and oxygen atoms in total. The minimum Gasteiger partial charge on any atom is -0.450 e. The van der Waals surface area contributed by atoms with Crippen molar-refractivity contribution in [3.63, 3.8) is 0 Å². The van der Waals surface area contributed by atoms with Gasteiger partial charge in [0.1, 0.15) is 0 Å². The normalized spacial score (nSPS) is 6.78. The zero-order valence-electron chi connectivity index (χ0n) is 5.20. The maximum absolute atomic E-state index is 8.56. The highest BCUT2D eigenvalue weighted by atomic mass is 32.2. The standard InChI is InChI=1S/C4H8S.CH2O3/c1-3-4-5-2;2-1(3)4/h3H,1,4H2,2H3;(H2,2,3,4). The van der Waals surface area contributed by atoms with Gasteiger partial charge in [0.05, 0.1) is 0 Å². The highest BCUT2D eigenvalue weighted by Gasteiger charge is 1.70. The molecule has 54 valence electrons. The Balaban J connectivity index is 0. The fourth-order valence-corrected chi connectivity index (χ4v) is 0.354. The molecular formula is C5H10O3S. The molecule has 0 bridgehead atoms. The Morgan fingerprint density at radius 3 is 2.11 bits per heavy atom. The summed E-state index contributed by atoms with van der Waals surface area (Å²) in [6, 6.07) is 0. The summed E-state index contributed by atoms with van der Waals surface area (Å²) in [5.74, 6) is 1.07. The molecule has 9 heavy (non-hydrogen) atoms. The molecule has 0 saturated carbocycles. The fourth-order valence-electron chi connectivity index (χ4n) is 0.118. The SMILES string of the molecule is C=CCSC.O=C(O)O. The Hall–Kier alpha value is -0.640. The van der Waals surface area contributed by atoms with E-state index in [1.54, 1.807) is 11.8 Å². The van der Waals surface area contributed by atoms with Crippen LogP contribution in [-0.4, -0.2) is 28.4 Å². The van der Waals surface area contributed by atoms with E-state index < -0.39 is 6.16 Å². The smallest absolute Gasteiger partial charge is 0.450 e. The zero-order chi connectivity index (χ0) is 7.70. The molecule has 0 aliphatic rings. The van der Waals surface area contributed by atoms with Gasteiger partial charge in [0.25, 0.3) is 0 Å². The van der Waals surface area contributed by atoms with Gasteiger partial charge in [-0.2, -0.15) is 11.8 Å². The van der Waals surface area contributed by atoms with Crippen molar-refractivity contribution in [2.75, 3.05) is 12.0 Å². The number of carbonyl (C=O) groups is 1. The van der Waals surface area contributed by atoms with E-state index in [1.807, 2.05) is 6.08 Å². The van der Waals surface area contributed by atoms with Crippen molar-refractivity contribution in [1.82, 2.24) is 0 Å². The van der Waals surface area contributed by atoms with Crippen LogP contribution in [0.25, 0.3) is 0 Å². The predicted molar refractivity (Wildman–Crippen MR) is 39.2 cm³/mol. The van der Waals surface area contributed by atoms with E-state index >= 15 is 0 Å². The van der Waals surface area contributed by atoms with Crippen molar-refractivity contribution in [3.05, 3.63) is 12.7 Å². The summed E-state index contributed by atoms with van der Waals surface area (Å²) in [5.41, 5.74) is 0. The summed E-state index contributed by atoms with van der Waals surface area (Å²) in [5, 5.41) is 13.9. The molecule has 0 radical (unpaired) electrons. The van der Waals surface area contributed by atoms with Gasteiger partial charge in [0, 0.05) is 5.75 Å². The predicted octanol–water partition coefficient (Wildman–Crippen LogP) is 1.76. The Bertz CT molecular complexity index is 78.3. The molecule has 0 saturated heterocycles. The largest absolute Gasteiger partial charge is 0.503 e. The molecule has 2 N–H and O–H groups in total. The molecule has 4 heteroatoms. The van der Waals surface area contributed by atoms with E-state index in [-0.39, 0.29) is 0 Å². The first-order chi connectivity index (χ1) is 4.15. The third-order valence-corrected chi connectivity index (χ3v) is 0.854. The Morgan fingerprint density at radius 2 is 2.11 bits per heavy atom. The molecule has 0 aliphatic carbocycles. The van der Waals surface area contributed by atoms with Gasteiger partial charge in [-0.15, -0.1) is 6.58 Å². The first-order valence-electron chi connectivity index (χ1n) is 2.16. The third-order valence-electron chi connectivity index (χ3n) is 0.285. The topological polar surface area (TPSA) is 57.5 Å². The van der Waals surface area contributed by atoms with Gasteiger partial charge in [-0.05, 0) is 6.26 Å². The van der Waals surface area contributed by atoms with E-state index in [2.05, 4.69) is 12.8 Å². The van der Waals surface area contributed by atoms with Crippen LogP contribution in [0.4, 0.5) is 4.79 Å². The van der Waals surface area contributed by atoms with Crippen LogP contribution in [0.1, 0.15) is 0 Å². The van der Waals surface area contributed by atoms with Crippen LogP contribution < -0.4 is 0 Å². The molecule has 0 amide bonds. The summed E-state index contributed by atoms with van der Waals surface area (Å²) in [6.45, 7) is 3.53. The summed E-state index contributed by atoms with van der Waals surface area (Å²) in [4.78, 5) is 8.56. The Labute approximate surface area is 58.4 Å². The minimum absolute atomic E-state index is 1.07. The second kappa shape index (κ2) is 10.4. The summed E-state index contributed by atoms with van der Waals surface area (Å²) in [6.07, 6.45) is 2.12. The van der Waals surface area contributed by atoms with Crippen molar-refractivity contribution in [1.29, 1.82) is 0 Å². The van der Waals surface area contributed by atoms with Crippen molar-refractivity contribution in [2.24, 2.45) is 0 Å². The van der Waals surface area contributed by atoms with E-state index in [1.165, 1.54) is 0 Å². The van der Waals surface area contributed by atoms with Gasteiger partial charge in [-0.25, -0.2) is 4.79 Å². The van der Waals surface area contributed by atoms with Crippen molar-refractivity contribution in [2.45, 2.75) is 0 Å². The van der Waals surface area contributed by atoms with E-state index in [0.717, 1.165) is 5.75 Å². The van der Waals surface area contributed by atoms with E-state index in [4.69, 9.17) is 15.0 Å². The molecule has 0 aliphatic heterocycles. The van der Waals surface area contributed by atoms with Gasteiger partial charge in [-0.3, -0.25) is 0 Å². The van der Waals surface area contributed by atoms with Crippen LogP contribution in [0.2, 0.25) is 0 Å². The van der Waals surface area contributed by atoms with Crippen LogP contribution >= 0.6 is 11.8 Å². The maximum Gasteiger partial charge on any atom is 0.503 e. The van der Waals surface area contributed by atoms with Crippen LogP contribution in [-0.2, 0) is 0 Å². The average Bonchev–Trinajstić information content (AvgIpc) is 1.66. The number of carboxylic acid groups (broad SMARTS) is 2. The highest BCUT2D eigenvalue weighted by Crippen LogP contribution is 1.87. The summed E-state index contributed by atoms with van der Waals surface area (Å²) >= 11 is 1.78. The number of hydrogen-bond donors (Lipinski definition) is 2. The van der Waals surface area contributed by atoms with Crippen LogP contribution in [0.5, 0.6) is 0 Å². The summed E-state index contributed by atoms with van der Waals surface area (Å²) < 4.78 is 0. The molecule has 0 aromatic rings. The summed E-state index contributed by atoms with van der Waals surface area (Å²) in [7, 11) is 0. The van der Waals surface area contributed by atoms with E-state index in [9.17, 15) is 0 Å². The number of thioether (sulfide) groups is 1. The van der Waals surface area contributed by atoms with Crippen LogP contribution in [0.3, 0.4) is 0 Å². The number of rotatable bonds is 2. The molecule has 0 spiro atoms. The van der Waals surface area contributed by atoms with Gasteiger partial charge in [-0.1, -0.05) is 6.08 Å². The Kier molecular flexibility index (Phi) is 12.9. The molecule has 0 atom stereocenters. The lowest BCUT2D eigenvalue weighted by molar-refractivity contribution is 0.137. The van der Waals surface area contributed by atoms with Crippen LogP contribution in [0.15, 0.2) is 12.7 Å². The molecular weight excluding hydrogens is 140 g/mol. The fraction of sp³-hybridized carbons (Fsp3) is 0.400. The van der Waals surface area contributed by atoms with Gasteiger partial charge in [0.15, 0.2) is 0 Å². The lowest BCUT2D eigenvalue weighted by Gasteiger charge is -1.74. The van der Waals surface area contributed by atoms with Crippen molar-refractivity contribution >= 4 is 17.9 Å². The van der Waals surface area contributed by atoms with E-state index in [0.29, 0.717) is 0 Å². The highest BCUT2D eigenvalue weighted by molar-refractivity contribution is 7.98. The molecule has 0 heterocycles. The van der Waals surface area contributed by atoms with Crippen LogP contribution in [0, 0.1) is 0 Å². The minimum atomic E-state index is -1.83. The maximum atomic E-state index is 8.56. The number of hydrogen-bond acceptors (Lipinski definition) is 2.